The maximum atomic E-state index is 13.9. The average molecular weight is 400 g/mol. The van der Waals surface area contributed by atoms with Gasteiger partial charge < -0.3 is 0 Å². The molecule has 2 aromatic carbocycles. The van der Waals surface area contributed by atoms with E-state index in [4.69, 9.17) is 0 Å². The van der Waals surface area contributed by atoms with Crippen LogP contribution in [-0.2, 0) is 0 Å². The first kappa shape index (κ1) is 20.8. The number of carbonyl (C=O) groups is 1. The Labute approximate surface area is 146 Å². The lowest BCUT2D eigenvalue weighted by molar-refractivity contribution is -0.386. The van der Waals surface area contributed by atoms with Crippen molar-refractivity contribution in [2.45, 2.75) is 23.9 Å². The molecule has 0 N–H and O–H groups in total. The lowest BCUT2D eigenvalue weighted by Gasteiger charge is -2.33. The molecule has 0 spiro atoms. The first-order chi connectivity index (χ1) is 12.2. The zero-order chi connectivity index (χ0) is 20.7. The number of alkyl halides is 9. The molecule has 0 aliphatic rings. The van der Waals surface area contributed by atoms with Crippen molar-refractivity contribution in [2.24, 2.45) is 0 Å². The molecule has 0 aliphatic heterocycles. The van der Waals surface area contributed by atoms with Crippen LogP contribution in [0.4, 0.5) is 39.5 Å². The highest BCUT2D eigenvalue weighted by atomic mass is 19.4. The van der Waals surface area contributed by atoms with Crippen LogP contribution in [0, 0.1) is 0 Å². The van der Waals surface area contributed by atoms with Gasteiger partial charge in [-0.3, -0.25) is 4.79 Å². The molecule has 0 atom stereocenters. The highest BCUT2D eigenvalue weighted by Gasteiger charge is 2.83. The van der Waals surface area contributed by atoms with E-state index in [1.807, 2.05) is 0 Å². The van der Waals surface area contributed by atoms with Crippen LogP contribution in [0.3, 0.4) is 0 Å². The van der Waals surface area contributed by atoms with Gasteiger partial charge in [0.05, 0.1) is 0 Å². The van der Waals surface area contributed by atoms with Crippen LogP contribution in [0.2, 0.25) is 0 Å². The minimum absolute atomic E-state index is 0.100. The number of Topliss-reactive ketones (excluding diaryl/α,β-unsaturated/α-hetero) is 1. The van der Waals surface area contributed by atoms with Crippen molar-refractivity contribution in [1.29, 1.82) is 0 Å². The first-order valence-corrected chi connectivity index (χ1v) is 7.14. The lowest BCUT2D eigenvalue weighted by Crippen LogP contribution is -2.63. The summed E-state index contributed by atoms with van der Waals surface area (Å²) < 4.78 is 117. The van der Waals surface area contributed by atoms with E-state index in [1.165, 1.54) is 36.4 Å². The molecule has 10 heteroatoms. The van der Waals surface area contributed by atoms with Crippen molar-refractivity contribution in [3.8, 4) is 11.1 Å². The summed E-state index contributed by atoms with van der Waals surface area (Å²) in [5.41, 5.74) is -1.34. The fourth-order valence-electron chi connectivity index (χ4n) is 2.24. The van der Waals surface area contributed by atoms with Gasteiger partial charge in [-0.05, 0) is 11.1 Å². The van der Waals surface area contributed by atoms with Crippen LogP contribution in [0.5, 0.6) is 0 Å². The predicted octanol–water partition coefficient (Wildman–Crippen LogP) is 6.00. The quantitative estimate of drug-likeness (QED) is 0.444. The topological polar surface area (TPSA) is 17.1 Å². The third-order valence-electron chi connectivity index (χ3n) is 3.69. The van der Waals surface area contributed by atoms with Crippen molar-refractivity contribution in [2.75, 3.05) is 0 Å². The van der Waals surface area contributed by atoms with E-state index in [0.717, 1.165) is 12.1 Å². The highest BCUT2D eigenvalue weighted by Crippen LogP contribution is 2.54. The molecule has 0 aromatic heterocycles. The molecule has 0 aliphatic carbocycles. The van der Waals surface area contributed by atoms with Gasteiger partial charge in [-0.2, -0.15) is 39.5 Å². The van der Waals surface area contributed by atoms with Crippen molar-refractivity contribution < 1.29 is 44.3 Å². The summed E-state index contributed by atoms with van der Waals surface area (Å²) in [5.74, 6) is -23.3. The van der Waals surface area contributed by atoms with Gasteiger partial charge in [0.15, 0.2) is 0 Å². The summed E-state index contributed by atoms with van der Waals surface area (Å²) in [4.78, 5) is 12.0. The van der Waals surface area contributed by atoms with Crippen LogP contribution < -0.4 is 0 Å². The Morgan fingerprint density at radius 3 is 1.63 bits per heavy atom. The fourth-order valence-corrected chi connectivity index (χ4v) is 2.24. The molecule has 27 heavy (non-hydrogen) atoms. The number of hydrogen-bond acceptors (Lipinski definition) is 1. The van der Waals surface area contributed by atoms with Gasteiger partial charge in [0.25, 0.3) is 0 Å². The second kappa shape index (κ2) is 6.58. The summed E-state index contributed by atoms with van der Waals surface area (Å²) >= 11 is 0. The standard InChI is InChI=1S/C17H9F9O/c18-14(19,15(20,21)16(22,23)17(24,25)26)13(27)12-9-5-4-8-11(12)10-6-2-1-3-7-10/h1-9H. The van der Waals surface area contributed by atoms with Crippen LogP contribution in [0.1, 0.15) is 10.4 Å². The summed E-state index contributed by atoms with van der Waals surface area (Å²) in [6.45, 7) is 0. The van der Waals surface area contributed by atoms with Crippen molar-refractivity contribution >= 4 is 5.78 Å². The largest absolute Gasteiger partial charge is 0.460 e. The molecule has 1 nitrogen and oxygen atoms in total. The second-order valence-electron chi connectivity index (χ2n) is 5.46. The van der Waals surface area contributed by atoms with E-state index in [0.29, 0.717) is 6.07 Å². The van der Waals surface area contributed by atoms with Gasteiger partial charge in [0, 0.05) is 5.56 Å². The number of rotatable bonds is 5. The molecule has 0 heterocycles. The monoisotopic (exact) mass is 400 g/mol. The molecule has 0 amide bonds. The zero-order valence-corrected chi connectivity index (χ0v) is 13.0. The van der Waals surface area contributed by atoms with Crippen molar-refractivity contribution in [3.05, 3.63) is 60.2 Å². The Morgan fingerprint density at radius 2 is 1.11 bits per heavy atom. The molecule has 2 aromatic rings. The lowest BCUT2D eigenvalue weighted by atomic mass is 9.90. The van der Waals surface area contributed by atoms with Gasteiger partial charge in [0.2, 0.25) is 5.78 Å². The molecule has 0 fully saturated rings. The molecule has 0 saturated carbocycles. The van der Waals surface area contributed by atoms with Crippen LogP contribution >= 0.6 is 0 Å². The Morgan fingerprint density at radius 1 is 0.630 bits per heavy atom. The number of hydrogen-bond donors (Lipinski definition) is 0. The number of halogens is 9. The third-order valence-corrected chi connectivity index (χ3v) is 3.69. The maximum absolute atomic E-state index is 13.9. The normalized spacial score (nSPS) is 13.5. The summed E-state index contributed by atoms with van der Waals surface area (Å²) in [6.07, 6.45) is -6.99. The van der Waals surface area contributed by atoms with E-state index in [1.54, 1.807) is 0 Å². The highest BCUT2D eigenvalue weighted by molar-refractivity contribution is 6.07. The van der Waals surface area contributed by atoms with Crippen molar-refractivity contribution in [3.63, 3.8) is 0 Å². The van der Waals surface area contributed by atoms with Crippen LogP contribution in [0.25, 0.3) is 11.1 Å². The Bertz CT molecular complexity index is 826. The maximum Gasteiger partial charge on any atom is 0.460 e. The van der Waals surface area contributed by atoms with E-state index in [-0.39, 0.29) is 11.1 Å². The van der Waals surface area contributed by atoms with Crippen molar-refractivity contribution in [1.82, 2.24) is 0 Å². The molecule has 0 bridgehead atoms. The predicted molar refractivity (Wildman–Crippen MR) is 77.1 cm³/mol. The van der Waals surface area contributed by atoms with Gasteiger partial charge in [-0.1, -0.05) is 54.6 Å². The second-order valence-corrected chi connectivity index (χ2v) is 5.46. The minimum atomic E-state index is -7.12. The first-order valence-electron chi connectivity index (χ1n) is 7.14. The Hall–Kier alpha value is -2.52. The Kier molecular flexibility index (Phi) is 5.06. The van der Waals surface area contributed by atoms with Gasteiger partial charge >= 0.3 is 23.9 Å². The smallest absolute Gasteiger partial charge is 0.287 e. The fraction of sp³-hybridized carbons (Fsp3) is 0.235. The molecule has 0 saturated heterocycles. The molecule has 0 radical (unpaired) electrons. The van der Waals surface area contributed by atoms with Gasteiger partial charge in [0.1, 0.15) is 0 Å². The average Bonchev–Trinajstić information content (AvgIpc) is 2.60. The van der Waals surface area contributed by atoms with E-state index in [2.05, 4.69) is 0 Å². The molecule has 0 unspecified atom stereocenters. The van der Waals surface area contributed by atoms with E-state index in [9.17, 15) is 44.3 Å². The van der Waals surface area contributed by atoms with E-state index >= 15 is 0 Å². The van der Waals surface area contributed by atoms with Gasteiger partial charge in [-0.15, -0.1) is 0 Å². The summed E-state index contributed by atoms with van der Waals surface area (Å²) in [7, 11) is 0. The Balaban J connectivity index is 2.58. The molecule has 2 rings (SSSR count). The molecular weight excluding hydrogens is 391 g/mol. The van der Waals surface area contributed by atoms with Gasteiger partial charge in [-0.25, -0.2) is 0 Å². The third kappa shape index (κ3) is 3.28. The minimum Gasteiger partial charge on any atom is -0.287 e. The number of carbonyl (C=O) groups excluding carboxylic acids is 1. The summed E-state index contributed by atoms with van der Waals surface area (Å²) in [5, 5.41) is 0. The van der Waals surface area contributed by atoms with Crippen LogP contribution in [0.15, 0.2) is 54.6 Å². The summed E-state index contributed by atoms with van der Waals surface area (Å²) in [6, 6.07) is 10.9. The molecule has 146 valence electrons. The SMILES string of the molecule is O=C(c1ccccc1-c1ccccc1)C(F)(F)C(F)(F)C(F)(F)C(F)(F)F. The number of benzene rings is 2. The van der Waals surface area contributed by atoms with Crippen LogP contribution in [-0.4, -0.2) is 29.7 Å². The number of ketones is 1. The zero-order valence-electron chi connectivity index (χ0n) is 13.0. The van der Waals surface area contributed by atoms with E-state index < -0.39 is 35.3 Å². The molecular formula is C17H9F9O.